The van der Waals surface area contributed by atoms with Crippen molar-refractivity contribution >= 4 is 5.97 Å². The van der Waals surface area contributed by atoms with Crippen LogP contribution in [0.3, 0.4) is 0 Å². The molecule has 0 aromatic heterocycles. The Kier molecular flexibility index (Phi) is 12.4. The molecular weight excluding hydrogens is 226 g/mol. The van der Waals surface area contributed by atoms with Gasteiger partial charge < -0.3 is 24.7 Å². The highest BCUT2D eigenvalue weighted by molar-refractivity contribution is 5.81. The van der Waals surface area contributed by atoms with E-state index in [0.29, 0.717) is 46.2 Å². The topological polar surface area (TPSA) is 80.0 Å². The number of nitrogens with two attached hydrogens (primary N) is 1. The number of hydrogen-bond donors (Lipinski definition) is 1. The van der Waals surface area contributed by atoms with E-state index in [-0.39, 0.29) is 6.61 Å². The lowest BCUT2D eigenvalue weighted by Crippen LogP contribution is -2.14. The van der Waals surface area contributed by atoms with Gasteiger partial charge in [0.15, 0.2) is 0 Å². The van der Waals surface area contributed by atoms with E-state index in [4.69, 9.17) is 24.7 Å². The second-order valence-corrected chi connectivity index (χ2v) is 3.00. The summed E-state index contributed by atoms with van der Waals surface area (Å²) in [6.45, 7) is 6.93. The molecule has 0 radical (unpaired) electrons. The number of ether oxygens (including phenoxy) is 4. The van der Waals surface area contributed by atoms with E-state index in [0.717, 1.165) is 6.08 Å². The monoisotopic (exact) mass is 247 g/mol. The van der Waals surface area contributed by atoms with Gasteiger partial charge in [0, 0.05) is 12.6 Å². The molecule has 0 fully saturated rings. The average Bonchev–Trinajstić information content (AvgIpc) is 2.35. The smallest absolute Gasteiger partial charge is 0.330 e. The minimum absolute atomic E-state index is 0.227. The van der Waals surface area contributed by atoms with E-state index in [2.05, 4.69) is 6.58 Å². The molecule has 0 aliphatic heterocycles. The highest BCUT2D eigenvalue weighted by atomic mass is 16.6. The molecule has 0 aromatic rings. The third-order valence-electron chi connectivity index (χ3n) is 1.64. The molecule has 17 heavy (non-hydrogen) atoms. The summed E-state index contributed by atoms with van der Waals surface area (Å²) in [4.78, 5) is 10.6. The number of rotatable bonds is 12. The fourth-order valence-corrected chi connectivity index (χ4v) is 0.885. The summed E-state index contributed by atoms with van der Waals surface area (Å²) >= 11 is 0. The van der Waals surface area contributed by atoms with Crippen molar-refractivity contribution in [2.75, 3.05) is 52.8 Å². The number of carbonyl (C=O) groups is 1. The van der Waals surface area contributed by atoms with Gasteiger partial charge in [-0.25, -0.2) is 4.79 Å². The first kappa shape index (κ1) is 16.1. The number of carbonyl (C=O) groups excluding carboxylic acids is 1. The fourth-order valence-electron chi connectivity index (χ4n) is 0.885. The summed E-state index contributed by atoms with van der Waals surface area (Å²) < 4.78 is 20.2. The molecule has 2 N–H and O–H groups in total. The SMILES string of the molecule is C=CC(=O)OCCOCCOCCOCCN. The molecular formula is C11H21NO5. The van der Waals surface area contributed by atoms with Crippen LogP contribution in [0.25, 0.3) is 0 Å². The second-order valence-electron chi connectivity index (χ2n) is 3.00. The molecule has 0 heterocycles. The van der Waals surface area contributed by atoms with Crippen molar-refractivity contribution in [3.05, 3.63) is 12.7 Å². The zero-order valence-corrected chi connectivity index (χ0v) is 10.1. The number of hydrogen-bond acceptors (Lipinski definition) is 6. The van der Waals surface area contributed by atoms with Gasteiger partial charge in [-0.05, 0) is 0 Å². The van der Waals surface area contributed by atoms with E-state index in [1.807, 2.05) is 0 Å². The molecule has 100 valence electrons. The first-order valence-electron chi connectivity index (χ1n) is 5.53. The number of esters is 1. The second kappa shape index (κ2) is 13.1. The van der Waals surface area contributed by atoms with Crippen LogP contribution in [0.2, 0.25) is 0 Å². The van der Waals surface area contributed by atoms with Crippen molar-refractivity contribution < 1.29 is 23.7 Å². The van der Waals surface area contributed by atoms with Crippen molar-refractivity contribution in [1.82, 2.24) is 0 Å². The van der Waals surface area contributed by atoms with E-state index in [1.165, 1.54) is 0 Å². The van der Waals surface area contributed by atoms with Gasteiger partial charge in [0.25, 0.3) is 0 Å². The van der Waals surface area contributed by atoms with E-state index >= 15 is 0 Å². The summed E-state index contributed by atoms with van der Waals surface area (Å²) in [6.07, 6.45) is 1.12. The Labute approximate surface area is 102 Å². The summed E-state index contributed by atoms with van der Waals surface area (Å²) in [5.74, 6) is -0.443. The third-order valence-corrected chi connectivity index (χ3v) is 1.64. The zero-order chi connectivity index (χ0) is 12.8. The van der Waals surface area contributed by atoms with Crippen LogP contribution in [-0.4, -0.2) is 58.8 Å². The Morgan fingerprint density at radius 1 is 0.941 bits per heavy atom. The Morgan fingerprint density at radius 2 is 1.41 bits per heavy atom. The minimum atomic E-state index is -0.443. The Hall–Kier alpha value is -0.950. The molecule has 6 heteroatoms. The zero-order valence-electron chi connectivity index (χ0n) is 10.1. The average molecular weight is 247 g/mol. The van der Waals surface area contributed by atoms with Gasteiger partial charge in [-0.1, -0.05) is 6.58 Å². The Balaban J connectivity index is 2.98. The quantitative estimate of drug-likeness (QED) is 0.290. The Morgan fingerprint density at radius 3 is 1.88 bits per heavy atom. The normalized spacial score (nSPS) is 10.2. The third kappa shape index (κ3) is 13.0. The first-order valence-corrected chi connectivity index (χ1v) is 5.53. The lowest BCUT2D eigenvalue weighted by Gasteiger charge is -2.06. The van der Waals surface area contributed by atoms with Crippen molar-refractivity contribution in [2.45, 2.75) is 0 Å². The van der Waals surface area contributed by atoms with Crippen LogP contribution in [0.1, 0.15) is 0 Å². The summed E-state index contributed by atoms with van der Waals surface area (Å²) in [6, 6.07) is 0. The predicted molar refractivity (Wildman–Crippen MR) is 62.7 cm³/mol. The molecule has 0 aromatic carbocycles. The van der Waals surface area contributed by atoms with Crippen LogP contribution in [0, 0.1) is 0 Å². The van der Waals surface area contributed by atoms with Crippen LogP contribution in [0.5, 0.6) is 0 Å². The van der Waals surface area contributed by atoms with Gasteiger partial charge in [-0.15, -0.1) is 0 Å². The molecule has 0 atom stereocenters. The fraction of sp³-hybridized carbons (Fsp3) is 0.727. The van der Waals surface area contributed by atoms with Crippen molar-refractivity contribution in [2.24, 2.45) is 5.73 Å². The lowest BCUT2D eigenvalue weighted by atomic mass is 10.6. The maximum Gasteiger partial charge on any atom is 0.330 e. The van der Waals surface area contributed by atoms with Crippen LogP contribution in [0.15, 0.2) is 12.7 Å². The lowest BCUT2D eigenvalue weighted by molar-refractivity contribution is -0.139. The van der Waals surface area contributed by atoms with Crippen molar-refractivity contribution in [3.63, 3.8) is 0 Å². The largest absolute Gasteiger partial charge is 0.460 e. The Bertz CT molecular complexity index is 198. The molecule has 0 unspecified atom stereocenters. The van der Waals surface area contributed by atoms with Gasteiger partial charge in [-0.3, -0.25) is 0 Å². The highest BCUT2D eigenvalue weighted by Gasteiger charge is 1.95. The van der Waals surface area contributed by atoms with Crippen LogP contribution < -0.4 is 5.73 Å². The van der Waals surface area contributed by atoms with Gasteiger partial charge >= 0.3 is 5.97 Å². The molecule has 0 spiro atoms. The van der Waals surface area contributed by atoms with Gasteiger partial charge in [-0.2, -0.15) is 0 Å². The van der Waals surface area contributed by atoms with Gasteiger partial charge in [0.05, 0.1) is 39.6 Å². The van der Waals surface area contributed by atoms with E-state index in [9.17, 15) is 4.79 Å². The van der Waals surface area contributed by atoms with Gasteiger partial charge in [0.2, 0.25) is 0 Å². The predicted octanol–water partition coefficient (Wildman–Crippen LogP) is -0.276. The molecule has 0 saturated carbocycles. The van der Waals surface area contributed by atoms with Crippen molar-refractivity contribution in [1.29, 1.82) is 0 Å². The van der Waals surface area contributed by atoms with Crippen molar-refractivity contribution in [3.8, 4) is 0 Å². The maximum absolute atomic E-state index is 10.6. The first-order chi connectivity index (χ1) is 8.31. The molecule has 0 bridgehead atoms. The molecule has 0 saturated heterocycles. The maximum atomic E-state index is 10.6. The molecule has 0 rings (SSSR count). The van der Waals surface area contributed by atoms with Crippen LogP contribution >= 0.6 is 0 Å². The molecule has 0 amide bonds. The van der Waals surface area contributed by atoms with Crippen LogP contribution in [-0.2, 0) is 23.7 Å². The molecule has 6 nitrogen and oxygen atoms in total. The summed E-state index contributed by atoms with van der Waals surface area (Å²) in [5, 5.41) is 0. The molecule has 0 aliphatic rings. The van der Waals surface area contributed by atoms with E-state index < -0.39 is 5.97 Å². The minimum Gasteiger partial charge on any atom is -0.460 e. The summed E-state index contributed by atoms with van der Waals surface area (Å²) in [7, 11) is 0. The molecule has 0 aliphatic carbocycles. The van der Waals surface area contributed by atoms with E-state index in [1.54, 1.807) is 0 Å². The summed E-state index contributed by atoms with van der Waals surface area (Å²) in [5.41, 5.74) is 5.24. The standard InChI is InChI=1S/C11H21NO5/c1-2-11(13)17-10-9-16-8-7-15-6-5-14-4-3-12/h2H,1,3-10,12H2. The van der Waals surface area contributed by atoms with Gasteiger partial charge in [0.1, 0.15) is 6.61 Å². The van der Waals surface area contributed by atoms with Crippen LogP contribution in [0.4, 0.5) is 0 Å². The highest BCUT2D eigenvalue weighted by Crippen LogP contribution is 1.83.